The largest absolute Gasteiger partial charge is 0.460 e. The molecule has 2 rings (SSSR count). The van der Waals surface area contributed by atoms with Gasteiger partial charge in [0.25, 0.3) is 11.8 Å². The summed E-state index contributed by atoms with van der Waals surface area (Å²) in [4.78, 5) is 99.5. The molecule has 300 valence electrons. The van der Waals surface area contributed by atoms with E-state index in [1.807, 2.05) is 20.8 Å². The Morgan fingerprint density at radius 2 is 1.60 bits per heavy atom. The van der Waals surface area contributed by atoms with Gasteiger partial charge < -0.3 is 29.9 Å². The van der Waals surface area contributed by atoms with Crippen LogP contribution in [0.25, 0.3) is 0 Å². The van der Waals surface area contributed by atoms with Crippen LogP contribution in [0.2, 0.25) is 0 Å². The van der Waals surface area contributed by atoms with Crippen LogP contribution < -0.4 is 5.32 Å². The molecule has 14 heteroatoms. The fourth-order valence-corrected chi connectivity index (χ4v) is 7.50. The minimum atomic E-state index is -1.44. The van der Waals surface area contributed by atoms with Gasteiger partial charge in [-0.2, -0.15) is 0 Å². The van der Waals surface area contributed by atoms with Gasteiger partial charge in [-0.1, -0.05) is 73.8 Å². The van der Waals surface area contributed by atoms with E-state index in [4.69, 9.17) is 4.74 Å². The van der Waals surface area contributed by atoms with E-state index in [-0.39, 0.29) is 30.7 Å². The molecule has 0 bridgehead atoms. The highest BCUT2D eigenvalue weighted by molar-refractivity contribution is 6.06. The lowest BCUT2D eigenvalue weighted by molar-refractivity contribution is -0.157. The summed E-state index contributed by atoms with van der Waals surface area (Å²) in [6, 6.07) is -5.19. The summed E-state index contributed by atoms with van der Waals surface area (Å²) in [5, 5.41) is 13.4. The smallest absolute Gasteiger partial charge is 0.302 e. The quantitative estimate of drug-likeness (QED) is 0.158. The van der Waals surface area contributed by atoms with Crippen molar-refractivity contribution in [3.8, 4) is 0 Å². The molecular formula is C39H65N5O9. The summed E-state index contributed by atoms with van der Waals surface area (Å²) in [5.41, 5.74) is 0. The van der Waals surface area contributed by atoms with E-state index in [1.165, 1.54) is 41.7 Å². The first-order valence-electron chi connectivity index (χ1n) is 19.2. The van der Waals surface area contributed by atoms with Crippen LogP contribution in [0.4, 0.5) is 0 Å². The first kappa shape index (κ1) is 45.3. The fourth-order valence-electron chi connectivity index (χ4n) is 7.50. The number of aliphatic hydroxyl groups is 1. The van der Waals surface area contributed by atoms with Gasteiger partial charge in [-0.3, -0.25) is 38.5 Å². The van der Waals surface area contributed by atoms with Crippen molar-refractivity contribution in [1.82, 2.24) is 24.9 Å². The lowest BCUT2D eigenvalue weighted by Gasteiger charge is -2.38. The number of unbranched alkanes of at least 4 members (excludes halogenated alkanes) is 1. The molecule has 2 heterocycles. The topological polar surface area (TPSA) is 174 Å². The average molecular weight is 748 g/mol. The number of hydrogen-bond acceptors (Lipinski definition) is 9. The first-order chi connectivity index (χ1) is 24.6. The molecule has 0 spiro atoms. The minimum absolute atomic E-state index is 0.00605. The second kappa shape index (κ2) is 20.0. The van der Waals surface area contributed by atoms with Gasteiger partial charge in [-0.05, 0) is 44.4 Å². The molecule has 53 heavy (non-hydrogen) atoms. The van der Waals surface area contributed by atoms with E-state index < -0.39 is 83.8 Å². The highest BCUT2D eigenvalue weighted by Gasteiger charge is 2.48. The first-order valence-corrected chi connectivity index (χ1v) is 19.2. The van der Waals surface area contributed by atoms with Crippen molar-refractivity contribution in [2.45, 2.75) is 150 Å². The number of hydrogen-bond donors (Lipinski definition) is 2. The molecule has 0 aromatic rings. The Morgan fingerprint density at radius 1 is 0.981 bits per heavy atom. The van der Waals surface area contributed by atoms with Gasteiger partial charge in [0.05, 0.1) is 12.1 Å². The number of ether oxygens (including phenoxy) is 1. The molecule has 2 aliphatic rings. The van der Waals surface area contributed by atoms with Crippen molar-refractivity contribution >= 4 is 41.4 Å². The Labute approximate surface area is 316 Å². The molecule has 0 aliphatic carbocycles. The molecule has 2 aliphatic heterocycles. The Hall–Kier alpha value is -3.81. The van der Waals surface area contributed by atoms with Crippen molar-refractivity contribution < 1.29 is 43.4 Å². The maximum Gasteiger partial charge on any atom is 0.302 e. The zero-order valence-electron chi connectivity index (χ0n) is 34.0. The third kappa shape index (κ3) is 11.8. The second-order valence-electron chi connectivity index (χ2n) is 16.0. The van der Waals surface area contributed by atoms with Gasteiger partial charge >= 0.3 is 5.97 Å². The van der Waals surface area contributed by atoms with Crippen molar-refractivity contribution in [3.63, 3.8) is 0 Å². The van der Waals surface area contributed by atoms with Gasteiger partial charge in [-0.25, -0.2) is 0 Å². The van der Waals surface area contributed by atoms with Gasteiger partial charge in [0, 0.05) is 46.0 Å². The maximum atomic E-state index is 14.4. The van der Waals surface area contributed by atoms with E-state index in [1.54, 1.807) is 33.9 Å². The third-order valence-electron chi connectivity index (χ3n) is 10.3. The van der Waals surface area contributed by atoms with Crippen LogP contribution in [0.5, 0.6) is 0 Å². The van der Waals surface area contributed by atoms with Crippen LogP contribution in [-0.2, 0) is 38.3 Å². The number of imide groups is 1. The summed E-state index contributed by atoms with van der Waals surface area (Å²) in [6.45, 7) is 17.5. The Bertz CT molecular complexity index is 1370. The van der Waals surface area contributed by atoms with Gasteiger partial charge in [-0.15, -0.1) is 0 Å². The van der Waals surface area contributed by atoms with Crippen LogP contribution in [0.1, 0.15) is 108 Å². The van der Waals surface area contributed by atoms with Gasteiger partial charge in [0.2, 0.25) is 23.6 Å². The maximum absolute atomic E-state index is 14.4. The number of amides is 6. The normalized spacial score (nSPS) is 21.9. The molecule has 0 aromatic heterocycles. The molecule has 1 fully saturated rings. The number of aliphatic hydroxyl groups excluding tert-OH is 1. The van der Waals surface area contributed by atoms with Crippen molar-refractivity contribution in [1.29, 1.82) is 0 Å². The molecule has 0 radical (unpaired) electrons. The number of carbonyl (C=O) groups excluding carboxylic acids is 7. The van der Waals surface area contributed by atoms with Crippen LogP contribution in [0.15, 0.2) is 12.2 Å². The number of nitrogens with one attached hydrogen (secondary N) is 1. The molecule has 2 N–H and O–H groups in total. The highest BCUT2D eigenvalue weighted by atomic mass is 16.5. The lowest BCUT2D eigenvalue weighted by atomic mass is 9.91. The number of nitrogens with zero attached hydrogens (tertiary/aromatic N) is 4. The predicted molar refractivity (Wildman–Crippen MR) is 200 cm³/mol. The number of rotatable bonds is 18. The summed E-state index contributed by atoms with van der Waals surface area (Å²) < 4.78 is 5.41. The van der Waals surface area contributed by atoms with E-state index in [0.717, 1.165) is 24.2 Å². The minimum Gasteiger partial charge on any atom is -0.460 e. The monoisotopic (exact) mass is 747 g/mol. The van der Waals surface area contributed by atoms with E-state index in [9.17, 15) is 38.7 Å². The highest BCUT2D eigenvalue weighted by Crippen LogP contribution is 2.27. The van der Waals surface area contributed by atoms with E-state index in [0.29, 0.717) is 18.8 Å². The van der Waals surface area contributed by atoms with Gasteiger partial charge in [0.1, 0.15) is 30.3 Å². The van der Waals surface area contributed by atoms with Crippen LogP contribution >= 0.6 is 0 Å². The standard InChI is InChI=1S/C39H65N5O9/c1-13-14-15-24(6)19-25(7)36(49)41(11)30(18-22(2)3)35(48)40-33(27(9)53-28(10)45)38(51)42(12)34(23(4)5)39(52)43-21-29(46)20-31(43)37(50)44-26(8)16-17-32(44)47/h16-17,22-27,29-31,33-34,46H,13-15,18-21H2,1-12H3,(H,40,48)/t24-,25+,26+,27-,29+,30+,31+,33+,34+/m1/s1. The van der Waals surface area contributed by atoms with Crippen LogP contribution in [0, 0.1) is 23.7 Å². The molecule has 14 nitrogen and oxygen atoms in total. The van der Waals surface area contributed by atoms with Crippen LogP contribution in [0.3, 0.4) is 0 Å². The Kier molecular flexibility index (Phi) is 17.1. The second-order valence-corrected chi connectivity index (χ2v) is 16.0. The van der Waals surface area contributed by atoms with E-state index in [2.05, 4.69) is 19.2 Å². The molecule has 0 aromatic carbocycles. The fraction of sp³-hybridized carbons (Fsp3) is 0.769. The molecule has 6 amide bonds. The van der Waals surface area contributed by atoms with Gasteiger partial charge in [0.15, 0.2) is 0 Å². The number of esters is 1. The summed E-state index contributed by atoms with van der Waals surface area (Å²) in [7, 11) is 2.98. The predicted octanol–water partition coefficient (Wildman–Crippen LogP) is 2.91. The lowest BCUT2D eigenvalue weighted by Crippen LogP contribution is -2.62. The Balaban J connectivity index is 2.41. The number of β-amino-alcohol motifs (C(OH)–C–C–N with tert-alkyl or cyclic N) is 1. The average Bonchev–Trinajstić information content (AvgIpc) is 3.63. The Morgan fingerprint density at radius 3 is 2.11 bits per heavy atom. The summed E-state index contributed by atoms with van der Waals surface area (Å²) in [5.74, 6) is -4.47. The molecule has 9 atom stereocenters. The number of carbonyl (C=O) groups is 7. The SMILES string of the molecule is CCCC[C@@H](C)C[C@H](C)C(=O)N(C)[C@@H](CC(C)C)C(=O)N[C@H](C(=O)N(C)[C@H](C(=O)N1C[C@@H](O)C[C@H]1C(=O)N1C(=O)C=C[C@@H]1C)C(C)C)[C@@H](C)OC(C)=O. The van der Waals surface area contributed by atoms with E-state index >= 15 is 0 Å². The van der Waals surface area contributed by atoms with Crippen molar-refractivity contribution in [3.05, 3.63) is 12.2 Å². The van der Waals surface area contributed by atoms with Crippen LogP contribution in [-0.4, -0.2) is 129 Å². The molecular weight excluding hydrogens is 682 g/mol. The summed E-state index contributed by atoms with van der Waals surface area (Å²) in [6.07, 6.45) is 4.71. The molecule has 0 saturated carbocycles. The third-order valence-corrected chi connectivity index (χ3v) is 10.3. The summed E-state index contributed by atoms with van der Waals surface area (Å²) >= 11 is 0. The van der Waals surface area contributed by atoms with Crippen molar-refractivity contribution in [2.75, 3.05) is 20.6 Å². The molecule has 0 unspecified atom stereocenters. The zero-order chi connectivity index (χ0) is 40.5. The zero-order valence-corrected chi connectivity index (χ0v) is 34.0. The van der Waals surface area contributed by atoms with Crippen molar-refractivity contribution in [2.24, 2.45) is 23.7 Å². The molecule has 1 saturated heterocycles. The number of likely N-dealkylation sites (N-methyl/N-ethyl adjacent to an activating group) is 2. The number of likely N-dealkylation sites (tertiary alicyclic amines) is 1.